The molecule has 0 aromatic carbocycles. The van der Waals surface area contributed by atoms with Gasteiger partial charge in [0.1, 0.15) is 0 Å². The Balaban J connectivity index is 4.04. The van der Waals surface area contributed by atoms with Crippen LogP contribution in [-0.2, 0) is 14.9 Å². The summed E-state index contributed by atoms with van der Waals surface area (Å²) in [6, 6.07) is 0. The second-order valence-electron chi connectivity index (χ2n) is 2.91. The van der Waals surface area contributed by atoms with Crippen LogP contribution in [0.3, 0.4) is 0 Å². The van der Waals surface area contributed by atoms with Gasteiger partial charge in [-0.3, -0.25) is 0 Å². The second kappa shape index (κ2) is 6.27. The van der Waals surface area contributed by atoms with Gasteiger partial charge in [0.25, 0.3) is 0 Å². The summed E-state index contributed by atoms with van der Waals surface area (Å²) in [5.41, 5.74) is 0. The minimum atomic E-state index is -3.87. The number of ether oxygens (including phenoxy) is 1. The van der Waals surface area contributed by atoms with Crippen molar-refractivity contribution in [3.63, 3.8) is 0 Å². The Bertz CT molecular complexity index is 342. The number of hydrogen-bond donors (Lipinski definition) is 2. The SMILES string of the molecule is C#CCCNS(=O)(=O)NC(=O)OC(C)C. The van der Waals surface area contributed by atoms with Crippen molar-refractivity contribution in [3.05, 3.63) is 0 Å². The summed E-state index contributed by atoms with van der Waals surface area (Å²) in [7, 11) is -3.87. The van der Waals surface area contributed by atoms with E-state index in [9.17, 15) is 13.2 Å². The van der Waals surface area contributed by atoms with Gasteiger partial charge in [0.15, 0.2) is 0 Å². The van der Waals surface area contributed by atoms with Gasteiger partial charge in [-0.1, -0.05) is 0 Å². The quantitative estimate of drug-likeness (QED) is 0.517. The molecule has 0 aromatic heterocycles. The standard InChI is InChI=1S/C8H14N2O4S/c1-4-5-6-9-15(12,13)10-8(11)14-7(2)3/h1,7,9H,5-6H2,2-3H3,(H,10,11). The van der Waals surface area contributed by atoms with E-state index in [0.717, 1.165) is 0 Å². The highest BCUT2D eigenvalue weighted by molar-refractivity contribution is 7.88. The van der Waals surface area contributed by atoms with E-state index in [-0.39, 0.29) is 19.1 Å². The molecule has 2 N–H and O–H groups in total. The molecular weight excluding hydrogens is 220 g/mol. The van der Waals surface area contributed by atoms with Crippen molar-refractivity contribution in [2.75, 3.05) is 6.54 Å². The summed E-state index contributed by atoms with van der Waals surface area (Å²) in [6.45, 7) is 3.29. The lowest BCUT2D eigenvalue weighted by molar-refractivity contribution is 0.121. The molecule has 0 aromatic rings. The molecule has 0 unspecified atom stereocenters. The van der Waals surface area contributed by atoms with Gasteiger partial charge in [0.2, 0.25) is 0 Å². The van der Waals surface area contributed by atoms with Gasteiger partial charge in [-0.25, -0.2) is 9.52 Å². The van der Waals surface area contributed by atoms with Crippen molar-refractivity contribution < 1.29 is 17.9 Å². The van der Waals surface area contributed by atoms with Crippen LogP contribution in [0.2, 0.25) is 0 Å². The Hall–Kier alpha value is -1.26. The molecule has 0 saturated heterocycles. The Morgan fingerprint density at radius 1 is 1.53 bits per heavy atom. The molecule has 86 valence electrons. The molecule has 0 radical (unpaired) electrons. The first-order valence-corrected chi connectivity index (χ1v) is 5.77. The first-order chi connectivity index (χ1) is 6.87. The van der Waals surface area contributed by atoms with Crippen molar-refractivity contribution in [2.24, 2.45) is 0 Å². The smallest absolute Gasteiger partial charge is 0.422 e. The lowest BCUT2D eigenvalue weighted by Crippen LogP contribution is -2.41. The fourth-order valence-corrected chi connectivity index (χ4v) is 1.35. The number of amides is 1. The van der Waals surface area contributed by atoms with Crippen LogP contribution in [0.25, 0.3) is 0 Å². The molecule has 0 bridgehead atoms. The van der Waals surface area contributed by atoms with Crippen LogP contribution in [0.4, 0.5) is 4.79 Å². The van der Waals surface area contributed by atoms with Crippen molar-refractivity contribution >= 4 is 16.3 Å². The predicted molar refractivity (Wildman–Crippen MR) is 55.1 cm³/mol. The minimum Gasteiger partial charge on any atom is -0.446 e. The lowest BCUT2D eigenvalue weighted by atomic mass is 10.5. The molecule has 15 heavy (non-hydrogen) atoms. The van der Waals surface area contributed by atoms with E-state index < -0.39 is 16.3 Å². The highest BCUT2D eigenvalue weighted by atomic mass is 32.2. The topological polar surface area (TPSA) is 84.5 Å². The molecule has 1 amide bonds. The number of nitrogens with one attached hydrogen (secondary N) is 2. The van der Waals surface area contributed by atoms with Gasteiger partial charge < -0.3 is 4.74 Å². The summed E-state index contributed by atoms with van der Waals surface area (Å²) in [4.78, 5) is 10.9. The van der Waals surface area contributed by atoms with Crippen molar-refractivity contribution in [2.45, 2.75) is 26.4 Å². The highest BCUT2D eigenvalue weighted by Gasteiger charge is 2.14. The zero-order valence-electron chi connectivity index (χ0n) is 8.61. The van der Waals surface area contributed by atoms with E-state index in [1.54, 1.807) is 18.6 Å². The van der Waals surface area contributed by atoms with Crippen LogP contribution in [-0.4, -0.2) is 27.2 Å². The zero-order valence-corrected chi connectivity index (χ0v) is 9.43. The second-order valence-corrected chi connectivity index (χ2v) is 4.41. The fourth-order valence-electron chi connectivity index (χ4n) is 0.641. The third-order valence-electron chi connectivity index (χ3n) is 1.12. The number of terminal acetylenes is 1. The van der Waals surface area contributed by atoms with Gasteiger partial charge in [-0.2, -0.15) is 13.1 Å². The van der Waals surface area contributed by atoms with Gasteiger partial charge in [0.05, 0.1) is 6.10 Å². The molecule has 6 nitrogen and oxygen atoms in total. The molecular formula is C8H14N2O4S. The maximum Gasteiger partial charge on any atom is 0.422 e. The molecule has 0 aliphatic rings. The maximum absolute atomic E-state index is 11.1. The molecule has 0 saturated carbocycles. The van der Waals surface area contributed by atoms with Crippen molar-refractivity contribution in [1.82, 2.24) is 9.44 Å². The van der Waals surface area contributed by atoms with Crippen LogP contribution in [0.5, 0.6) is 0 Å². The summed E-state index contributed by atoms with van der Waals surface area (Å²) in [5, 5.41) is 0. The number of carbonyl (C=O) groups is 1. The summed E-state index contributed by atoms with van der Waals surface area (Å²) < 4.78 is 30.6. The van der Waals surface area contributed by atoms with Crippen molar-refractivity contribution in [3.8, 4) is 12.3 Å². The number of rotatable bonds is 5. The first kappa shape index (κ1) is 13.7. The van der Waals surface area contributed by atoms with Gasteiger partial charge in [-0.15, -0.1) is 12.3 Å². The Morgan fingerprint density at radius 3 is 2.60 bits per heavy atom. The van der Waals surface area contributed by atoms with Crippen LogP contribution >= 0.6 is 0 Å². The monoisotopic (exact) mass is 234 g/mol. The van der Waals surface area contributed by atoms with Gasteiger partial charge in [0, 0.05) is 13.0 Å². The average Bonchev–Trinajstić information content (AvgIpc) is 2.00. The van der Waals surface area contributed by atoms with Gasteiger partial charge >= 0.3 is 16.3 Å². The van der Waals surface area contributed by atoms with E-state index in [1.807, 2.05) is 0 Å². The molecule has 0 atom stereocenters. The van der Waals surface area contributed by atoms with Crippen LogP contribution < -0.4 is 9.44 Å². The molecule has 0 rings (SSSR count). The Morgan fingerprint density at radius 2 is 2.13 bits per heavy atom. The van der Waals surface area contributed by atoms with Crippen LogP contribution in [0, 0.1) is 12.3 Å². The Labute approximate surface area is 89.6 Å². The molecule has 0 heterocycles. The molecule has 7 heteroatoms. The maximum atomic E-state index is 11.1. The van der Waals surface area contributed by atoms with E-state index in [0.29, 0.717) is 0 Å². The number of hydrogen-bond acceptors (Lipinski definition) is 4. The molecule has 0 spiro atoms. The van der Waals surface area contributed by atoms with E-state index in [4.69, 9.17) is 6.42 Å². The summed E-state index contributed by atoms with van der Waals surface area (Å²) >= 11 is 0. The highest BCUT2D eigenvalue weighted by Crippen LogP contribution is 1.89. The van der Waals surface area contributed by atoms with E-state index >= 15 is 0 Å². The van der Waals surface area contributed by atoms with Crippen molar-refractivity contribution in [1.29, 1.82) is 0 Å². The molecule has 0 aliphatic heterocycles. The first-order valence-electron chi connectivity index (χ1n) is 4.29. The summed E-state index contributed by atoms with van der Waals surface area (Å²) in [5.74, 6) is 2.25. The predicted octanol–water partition coefficient (Wildman–Crippen LogP) is -0.0213. The fraction of sp³-hybridized carbons (Fsp3) is 0.625. The van der Waals surface area contributed by atoms with E-state index in [2.05, 4.69) is 15.4 Å². The van der Waals surface area contributed by atoms with Gasteiger partial charge in [-0.05, 0) is 13.8 Å². The minimum absolute atomic E-state index is 0.0702. The zero-order chi connectivity index (χ0) is 11.9. The van der Waals surface area contributed by atoms with E-state index in [1.165, 1.54) is 0 Å². The third kappa shape index (κ3) is 7.78. The largest absolute Gasteiger partial charge is 0.446 e. The van der Waals surface area contributed by atoms with Crippen LogP contribution in [0.15, 0.2) is 0 Å². The Kier molecular flexibility index (Phi) is 5.74. The van der Waals surface area contributed by atoms with Crippen LogP contribution in [0.1, 0.15) is 20.3 Å². The molecule has 0 aliphatic carbocycles. The summed E-state index contributed by atoms with van der Waals surface area (Å²) in [6.07, 6.45) is 3.78. The number of carbonyl (C=O) groups excluding carboxylic acids is 1. The lowest BCUT2D eigenvalue weighted by Gasteiger charge is -2.09. The molecule has 0 fully saturated rings. The third-order valence-corrected chi connectivity index (χ3v) is 2.14. The average molecular weight is 234 g/mol. The normalized spacial score (nSPS) is 10.8.